The summed E-state index contributed by atoms with van der Waals surface area (Å²) in [4.78, 5) is 20.1. The third-order valence-corrected chi connectivity index (χ3v) is 4.64. The number of methoxy groups -OCH3 is 1. The number of nitrogens with one attached hydrogen (secondary N) is 1. The van der Waals surface area contributed by atoms with E-state index in [0.29, 0.717) is 29.1 Å². The lowest BCUT2D eigenvalue weighted by atomic mass is 10.0. The van der Waals surface area contributed by atoms with Crippen LogP contribution in [0, 0.1) is 11.3 Å². The van der Waals surface area contributed by atoms with Crippen molar-refractivity contribution < 1.29 is 4.74 Å². The largest absolute Gasteiger partial charge is 0.481 e. The number of H-pyrrole nitrogens is 1. The Bertz CT molecular complexity index is 1250. The molecule has 2 aromatic heterocycles. The number of pyridine rings is 2. The minimum atomic E-state index is -0.229. The fraction of sp³-hybridized carbons (Fsp3) is 0.0870. The van der Waals surface area contributed by atoms with Crippen LogP contribution in [0.4, 0.5) is 0 Å². The molecule has 0 unspecified atom stereocenters. The summed E-state index contributed by atoms with van der Waals surface area (Å²) in [6.45, 7) is 0. The van der Waals surface area contributed by atoms with Crippen molar-refractivity contribution >= 4 is 10.9 Å². The minimum absolute atomic E-state index is 0.229. The number of hydrogen-bond donors (Lipinski definition) is 1. The van der Waals surface area contributed by atoms with Gasteiger partial charge in [0.2, 0.25) is 5.88 Å². The molecule has 5 nitrogen and oxygen atoms in total. The minimum Gasteiger partial charge on any atom is -0.481 e. The third kappa shape index (κ3) is 3.24. The summed E-state index contributed by atoms with van der Waals surface area (Å²) in [5.41, 5.74) is 3.64. The molecule has 2 heterocycles. The van der Waals surface area contributed by atoms with E-state index in [-0.39, 0.29) is 5.56 Å². The third-order valence-electron chi connectivity index (χ3n) is 4.64. The molecule has 0 radical (unpaired) electrons. The van der Waals surface area contributed by atoms with Gasteiger partial charge in [-0.25, -0.2) is 4.98 Å². The van der Waals surface area contributed by atoms with Gasteiger partial charge in [0.1, 0.15) is 6.07 Å². The SMILES string of the molecule is COc1nc2ccccc2cc1Cc1cc(C#N)c(-c2ccccc2)[nH]c1=O. The average Bonchev–Trinajstić information content (AvgIpc) is 2.75. The van der Waals surface area contributed by atoms with Crippen LogP contribution in [0.15, 0.2) is 71.5 Å². The number of aromatic nitrogens is 2. The van der Waals surface area contributed by atoms with Crippen molar-refractivity contribution in [2.75, 3.05) is 7.11 Å². The second-order valence-electron chi connectivity index (χ2n) is 6.42. The Kier molecular flexibility index (Phi) is 4.61. The first-order valence-corrected chi connectivity index (χ1v) is 8.84. The maximum Gasteiger partial charge on any atom is 0.252 e. The zero-order valence-electron chi connectivity index (χ0n) is 15.3. The number of para-hydroxylation sites is 1. The van der Waals surface area contributed by atoms with Crippen molar-refractivity contribution in [3.8, 4) is 23.2 Å². The molecule has 1 N–H and O–H groups in total. The van der Waals surface area contributed by atoms with Gasteiger partial charge in [-0.15, -0.1) is 0 Å². The van der Waals surface area contributed by atoms with Crippen LogP contribution in [0.5, 0.6) is 5.88 Å². The quantitative estimate of drug-likeness (QED) is 0.590. The standard InChI is InChI=1S/C23H17N3O2/c1-28-23-18(11-16-9-5-6-10-20(16)25-23)12-17-13-19(14-24)21(26-22(17)27)15-7-3-2-4-8-15/h2-11,13H,12H2,1H3,(H,26,27). The molecule has 2 aromatic carbocycles. The molecule has 0 saturated carbocycles. The predicted octanol–water partition coefficient (Wildman–Crippen LogP) is 4.06. The summed E-state index contributed by atoms with van der Waals surface area (Å²) in [5, 5.41) is 10.6. The Labute approximate surface area is 161 Å². The molecule has 5 heteroatoms. The molecule has 0 saturated heterocycles. The van der Waals surface area contributed by atoms with Crippen LogP contribution < -0.4 is 10.3 Å². The van der Waals surface area contributed by atoms with Gasteiger partial charge >= 0.3 is 0 Å². The van der Waals surface area contributed by atoms with Gasteiger partial charge in [-0.2, -0.15) is 5.26 Å². The van der Waals surface area contributed by atoms with Crippen molar-refractivity contribution in [3.05, 3.63) is 93.8 Å². The van der Waals surface area contributed by atoms with Crippen molar-refractivity contribution in [1.29, 1.82) is 5.26 Å². The highest BCUT2D eigenvalue weighted by atomic mass is 16.5. The molecular weight excluding hydrogens is 350 g/mol. The number of nitriles is 1. The summed E-state index contributed by atoms with van der Waals surface area (Å²) < 4.78 is 5.43. The Morgan fingerprint density at radius 2 is 1.79 bits per heavy atom. The van der Waals surface area contributed by atoms with E-state index in [1.54, 1.807) is 13.2 Å². The van der Waals surface area contributed by atoms with E-state index in [1.807, 2.05) is 60.7 Å². The molecule has 136 valence electrons. The smallest absolute Gasteiger partial charge is 0.252 e. The van der Waals surface area contributed by atoms with Gasteiger partial charge in [-0.1, -0.05) is 48.5 Å². The predicted molar refractivity (Wildman–Crippen MR) is 108 cm³/mol. The molecule has 0 spiro atoms. The monoisotopic (exact) mass is 367 g/mol. The van der Waals surface area contributed by atoms with E-state index in [2.05, 4.69) is 16.0 Å². The van der Waals surface area contributed by atoms with Crippen LogP contribution in [0.3, 0.4) is 0 Å². The first-order chi connectivity index (χ1) is 13.7. The van der Waals surface area contributed by atoms with Crippen molar-refractivity contribution in [1.82, 2.24) is 9.97 Å². The Morgan fingerprint density at radius 3 is 2.54 bits per heavy atom. The highest BCUT2D eigenvalue weighted by molar-refractivity contribution is 5.80. The fourth-order valence-electron chi connectivity index (χ4n) is 3.28. The molecule has 0 aliphatic carbocycles. The number of ether oxygens (including phenoxy) is 1. The second-order valence-corrected chi connectivity index (χ2v) is 6.42. The highest BCUT2D eigenvalue weighted by Gasteiger charge is 2.14. The zero-order valence-corrected chi connectivity index (χ0v) is 15.3. The maximum atomic E-state index is 12.7. The number of hydrogen-bond acceptors (Lipinski definition) is 4. The number of aromatic amines is 1. The lowest BCUT2D eigenvalue weighted by Gasteiger charge is -2.11. The highest BCUT2D eigenvalue weighted by Crippen LogP contribution is 2.25. The number of rotatable bonds is 4. The fourth-order valence-corrected chi connectivity index (χ4v) is 3.28. The van der Waals surface area contributed by atoms with E-state index in [1.165, 1.54) is 0 Å². The topological polar surface area (TPSA) is 78.8 Å². The van der Waals surface area contributed by atoms with Crippen LogP contribution in [0.1, 0.15) is 16.7 Å². The molecule has 4 rings (SSSR count). The van der Waals surface area contributed by atoms with Crippen LogP contribution in [-0.4, -0.2) is 17.1 Å². The first kappa shape index (κ1) is 17.5. The molecule has 0 aliphatic heterocycles. The van der Waals surface area contributed by atoms with E-state index in [0.717, 1.165) is 22.0 Å². The van der Waals surface area contributed by atoms with Gasteiger partial charge in [-0.05, 0) is 23.8 Å². The van der Waals surface area contributed by atoms with Crippen molar-refractivity contribution in [2.45, 2.75) is 6.42 Å². The van der Waals surface area contributed by atoms with E-state index in [9.17, 15) is 10.1 Å². The summed E-state index contributed by atoms with van der Waals surface area (Å²) in [7, 11) is 1.56. The van der Waals surface area contributed by atoms with Crippen LogP contribution in [0.2, 0.25) is 0 Å². The molecule has 0 aliphatic rings. The maximum absolute atomic E-state index is 12.7. The van der Waals surface area contributed by atoms with Gasteiger partial charge < -0.3 is 9.72 Å². The zero-order chi connectivity index (χ0) is 19.5. The molecule has 28 heavy (non-hydrogen) atoms. The van der Waals surface area contributed by atoms with Crippen LogP contribution >= 0.6 is 0 Å². The molecule has 0 atom stereocenters. The van der Waals surface area contributed by atoms with Gasteiger partial charge in [-0.3, -0.25) is 4.79 Å². The summed E-state index contributed by atoms with van der Waals surface area (Å²) in [6, 6.07) is 22.9. The summed E-state index contributed by atoms with van der Waals surface area (Å²) in [5.74, 6) is 0.476. The van der Waals surface area contributed by atoms with Crippen LogP contribution in [0.25, 0.3) is 22.2 Å². The summed E-state index contributed by atoms with van der Waals surface area (Å²) >= 11 is 0. The number of benzene rings is 2. The second kappa shape index (κ2) is 7.37. The molecule has 0 bridgehead atoms. The lowest BCUT2D eigenvalue weighted by Crippen LogP contribution is -2.15. The Morgan fingerprint density at radius 1 is 1.04 bits per heavy atom. The van der Waals surface area contributed by atoms with E-state index in [4.69, 9.17) is 4.74 Å². The average molecular weight is 367 g/mol. The molecule has 0 fully saturated rings. The molecule has 0 amide bonds. The van der Waals surface area contributed by atoms with Gasteiger partial charge in [0.05, 0.1) is 23.9 Å². The van der Waals surface area contributed by atoms with E-state index < -0.39 is 0 Å². The molecular formula is C23H17N3O2. The molecule has 4 aromatic rings. The van der Waals surface area contributed by atoms with Gasteiger partial charge in [0, 0.05) is 22.9 Å². The van der Waals surface area contributed by atoms with Gasteiger partial charge in [0.15, 0.2) is 0 Å². The summed E-state index contributed by atoms with van der Waals surface area (Å²) in [6.07, 6.45) is 0.320. The lowest BCUT2D eigenvalue weighted by molar-refractivity contribution is 0.395. The van der Waals surface area contributed by atoms with Gasteiger partial charge in [0.25, 0.3) is 5.56 Å². The number of fused-ring (bicyclic) bond motifs is 1. The normalized spacial score (nSPS) is 10.6. The van der Waals surface area contributed by atoms with Crippen molar-refractivity contribution in [3.63, 3.8) is 0 Å². The Hall–Kier alpha value is -3.91. The Balaban J connectivity index is 1.80. The number of nitrogens with zero attached hydrogens (tertiary/aromatic N) is 2. The van der Waals surface area contributed by atoms with Crippen LogP contribution in [-0.2, 0) is 6.42 Å². The van der Waals surface area contributed by atoms with Crippen molar-refractivity contribution in [2.24, 2.45) is 0 Å². The van der Waals surface area contributed by atoms with E-state index >= 15 is 0 Å². The first-order valence-electron chi connectivity index (χ1n) is 8.84.